The summed E-state index contributed by atoms with van der Waals surface area (Å²) < 4.78 is 1.73. The molecular weight excluding hydrogens is 230 g/mol. The normalized spacial score (nSPS) is 10.3. The summed E-state index contributed by atoms with van der Waals surface area (Å²) in [6, 6.07) is 8.09. The van der Waals surface area contributed by atoms with Crippen molar-refractivity contribution in [1.29, 1.82) is 0 Å². The van der Waals surface area contributed by atoms with Gasteiger partial charge in [0.2, 0.25) is 0 Å². The van der Waals surface area contributed by atoms with Gasteiger partial charge in [-0.05, 0) is 30.3 Å². The predicted octanol–water partition coefficient (Wildman–Crippen LogP) is 1.10. The zero-order valence-electron chi connectivity index (χ0n) is 10.1. The Bertz CT molecular complexity index is 531. The summed E-state index contributed by atoms with van der Waals surface area (Å²) in [5.74, 6) is 0.00552. The number of carbonyl (C=O) groups excluding carboxylic acids is 1. The lowest BCUT2D eigenvalue weighted by atomic mass is 10.2. The largest absolute Gasteiger partial charge is 0.508 e. The fraction of sp³-hybridized carbons (Fsp3) is 0.231. The van der Waals surface area contributed by atoms with Crippen LogP contribution in [0.1, 0.15) is 16.1 Å². The molecule has 0 spiro atoms. The molecule has 0 saturated heterocycles. The average molecular weight is 245 g/mol. The van der Waals surface area contributed by atoms with Crippen molar-refractivity contribution in [2.45, 2.75) is 6.42 Å². The Morgan fingerprint density at radius 1 is 1.33 bits per heavy atom. The Labute approximate surface area is 105 Å². The molecule has 2 rings (SSSR count). The molecule has 0 unspecified atom stereocenters. The van der Waals surface area contributed by atoms with E-state index in [0.717, 1.165) is 5.69 Å². The molecule has 0 aliphatic heterocycles. The van der Waals surface area contributed by atoms with E-state index in [2.05, 4.69) is 10.4 Å². The Kier molecular flexibility index (Phi) is 3.62. The number of phenols is 1. The van der Waals surface area contributed by atoms with Crippen molar-refractivity contribution in [3.8, 4) is 5.75 Å². The second-order valence-electron chi connectivity index (χ2n) is 4.03. The maximum absolute atomic E-state index is 11.7. The molecule has 1 amide bonds. The molecule has 0 fully saturated rings. The van der Waals surface area contributed by atoms with Crippen LogP contribution in [-0.4, -0.2) is 27.3 Å². The zero-order valence-corrected chi connectivity index (χ0v) is 10.1. The first-order chi connectivity index (χ1) is 8.65. The summed E-state index contributed by atoms with van der Waals surface area (Å²) in [6.07, 6.45) is 2.57. The predicted molar refractivity (Wildman–Crippen MR) is 67.4 cm³/mol. The number of amides is 1. The fourth-order valence-corrected chi connectivity index (χ4v) is 1.62. The van der Waals surface area contributed by atoms with Crippen LogP contribution in [0, 0.1) is 0 Å². The van der Waals surface area contributed by atoms with Gasteiger partial charge in [-0.2, -0.15) is 5.10 Å². The van der Waals surface area contributed by atoms with E-state index in [1.54, 1.807) is 16.8 Å². The lowest BCUT2D eigenvalue weighted by Gasteiger charge is -2.04. The van der Waals surface area contributed by atoms with Crippen molar-refractivity contribution in [2.75, 3.05) is 6.54 Å². The molecular formula is C13H15N3O2. The van der Waals surface area contributed by atoms with Crippen LogP contribution in [0.25, 0.3) is 0 Å². The van der Waals surface area contributed by atoms with E-state index in [4.69, 9.17) is 5.11 Å². The molecule has 94 valence electrons. The van der Waals surface area contributed by atoms with Crippen LogP contribution < -0.4 is 5.32 Å². The van der Waals surface area contributed by atoms with Crippen LogP contribution in [0.4, 0.5) is 0 Å². The second-order valence-corrected chi connectivity index (χ2v) is 4.03. The zero-order chi connectivity index (χ0) is 13.0. The average Bonchev–Trinajstić information content (AvgIpc) is 2.76. The van der Waals surface area contributed by atoms with E-state index in [1.165, 1.54) is 12.1 Å². The fourth-order valence-electron chi connectivity index (χ4n) is 1.62. The van der Waals surface area contributed by atoms with Gasteiger partial charge in [0.1, 0.15) is 5.75 Å². The highest BCUT2D eigenvalue weighted by atomic mass is 16.3. The Hall–Kier alpha value is -2.30. The summed E-state index contributed by atoms with van der Waals surface area (Å²) in [7, 11) is 1.86. The number of aromatic nitrogens is 2. The lowest BCUT2D eigenvalue weighted by Crippen LogP contribution is -2.25. The molecule has 0 aliphatic carbocycles. The van der Waals surface area contributed by atoms with Gasteiger partial charge in [-0.15, -0.1) is 0 Å². The summed E-state index contributed by atoms with van der Waals surface area (Å²) in [4.78, 5) is 11.7. The van der Waals surface area contributed by atoms with Crippen molar-refractivity contribution >= 4 is 5.91 Å². The number of hydrogen-bond acceptors (Lipinski definition) is 3. The number of aryl methyl sites for hydroxylation is 1. The van der Waals surface area contributed by atoms with Crippen molar-refractivity contribution in [3.63, 3.8) is 0 Å². The van der Waals surface area contributed by atoms with Crippen molar-refractivity contribution in [3.05, 3.63) is 47.8 Å². The highest BCUT2D eigenvalue weighted by Gasteiger charge is 2.05. The highest BCUT2D eigenvalue weighted by Crippen LogP contribution is 2.09. The third-order valence-electron chi connectivity index (χ3n) is 2.57. The first-order valence-corrected chi connectivity index (χ1v) is 5.71. The second kappa shape index (κ2) is 5.35. The molecule has 0 bridgehead atoms. The summed E-state index contributed by atoms with van der Waals surface area (Å²) in [5, 5.41) is 16.2. The molecule has 0 aliphatic rings. The van der Waals surface area contributed by atoms with E-state index in [9.17, 15) is 4.79 Å². The van der Waals surface area contributed by atoms with Crippen LogP contribution in [0.2, 0.25) is 0 Å². The lowest BCUT2D eigenvalue weighted by molar-refractivity contribution is 0.0954. The third-order valence-corrected chi connectivity index (χ3v) is 2.57. The monoisotopic (exact) mass is 245 g/mol. The molecule has 0 atom stereocenters. The number of phenolic OH excluding ortho intramolecular Hbond substituents is 1. The first kappa shape index (κ1) is 12.2. The van der Waals surface area contributed by atoms with Gasteiger partial charge in [-0.25, -0.2) is 0 Å². The molecule has 0 radical (unpaired) electrons. The van der Waals surface area contributed by atoms with E-state index in [0.29, 0.717) is 18.5 Å². The minimum absolute atomic E-state index is 0.147. The number of rotatable bonds is 4. The van der Waals surface area contributed by atoms with Gasteiger partial charge in [-0.1, -0.05) is 0 Å². The summed E-state index contributed by atoms with van der Waals surface area (Å²) in [6.45, 7) is 0.538. The van der Waals surface area contributed by atoms with Crippen molar-refractivity contribution < 1.29 is 9.90 Å². The van der Waals surface area contributed by atoms with Crippen molar-refractivity contribution in [2.24, 2.45) is 7.05 Å². The van der Waals surface area contributed by atoms with Gasteiger partial charge >= 0.3 is 0 Å². The number of benzene rings is 1. The highest BCUT2D eigenvalue weighted by molar-refractivity contribution is 5.94. The smallest absolute Gasteiger partial charge is 0.251 e. The van der Waals surface area contributed by atoms with Crippen molar-refractivity contribution in [1.82, 2.24) is 15.1 Å². The molecule has 1 aromatic heterocycles. The van der Waals surface area contributed by atoms with Crippen LogP contribution >= 0.6 is 0 Å². The Morgan fingerprint density at radius 2 is 2.06 bits per heavy atom. The third kappa shape index (κ3) is 3.10. The molecule has 2 N–H and O–H groups in total. The van der Waals surface area contributed by atoms with Gasteiger partial charge in [0, 0.05) is 31.8 Å². The maximum Gasteiger partial charge on any atom is 0.251 e. The topological polar surface area (TPSA) is 67.2 Å². The minimum Gasteiger partial charge on any atom is -0.508 e. The standard InChI is InChI=1S/C13H15N3O2/c1-16-9-7-11(15-16)6-8-14-13(18)10-2-4-12(17)5-3-10/h2-5,7,9,17H,6,8H2,1H3,(H,14,18). The summed E-state index contributed by atoms with van der Waals surface area (Å²) >= 11 is 0. The molecule has 1 heterocycles. The van der Waals surface area contributed by atoms with E-state index in [-0.39, 0.29) is 11.7 Å². The molecule has 18 heavy (non-hydrogen) atoms. The van der Waals surface area contributed by atoms with Gasteiger partial charge in [0.25, 0.3) is 5.91 Å². The van der Waals surface area contributed by atoms with Crippen LogP contribution in [0.5, 0.6) is 5.75 Å². The number of hydrogen-bond donors (Lipinski definition) is 2. The van der Waals surface area contributed by atoms with E-state index < -0.39 is 0 Å². The quantitative estimate of drug-likeness (QED) is 0.847. The van der Waals surface area contributed by atoms with Crippen LogP contribution in [-0.2, 0) is 13.5 Å². The summed E-state index contributed by atoms with van der Waals surface area (Å²) in [5.41, 5.74) is 1.48. The molecule has 1 aromatic carbocycles. The van der Waals surface area contributed by atoms with E-state index >= 15 is 0 Å². The Morgan fingerprint density at radius 3 is 2.67 bits per heavy atom. The van der Waals surface area contributed by atoms with Gasteiger partial charge < -0.3 is 10.4 Å². The van der Waals surface area contributed by atoms with E-state index in [1.807, 2.05) is 19.3 Å². The first-order valence-electron chi connectivity index (χ1n) is 5.71. The number of aromatic hydroxyl groups is 1. The minimum atomic E-state index is -0.147. The maximum atomic E-state index is 11.7. The van der Waals surface area contributed by atoms with Crippen LogP contribution in [0.15, 0.2) is 36.5 Å². The van der Waals surface area contributed by atoms with Gasteiger partial charge in [-0.3, -0.25) is 9.48 Å². The molecule has 0 saturated carbocycles. The Balaban J connectivity index is 1.83. The SMILES string of the molecule is Cn1ccc(CCNC(=O)c2ccc(O)cc2)n1. The molecule has 2 aromatic rings. The van der Waals surface area contributed by atoms with Crippen LogP contribution in [0.3, 0.4) is 0 Å². The molecule has 5 heteroatoms. The van der Waals surface area contributed by atoms with Gasteiger partial charge in [0.15, 0.2) is 0 Å². The number of nitrogens with one attached hydrogen (secondary N) is 1. The number of nitrogens with zero attached hydrogens (tertiary/aromatic N) is 2. The van der Waals surface area contributed by atoms with Gasteiger partial charge in [0.05, 0.1) is 5.69 Å². The number of carbonyl (C=O) groups is 1. The molecule has 5 nitrogen and oxygen atoms in total.